The fourth-order valence-corrected chi connectivity index (χ4v) is 4.00. The van der Waals surface area contributed by atoms with Gasteiger partial charge in [-0.25, -0.2) is 0 Å². The van der Waals surface area contributed by atoms with Crippen LogP contribution in [0, 0.1) is 0 Å². The van der Waals surface area contributed by atoms with E-state index in [9.17, 15) is 0 Å². The molecule has 0 N–H and O–H groups in total. The Balaban J connectivity index is 2.51. The Morgan fingerprint density at radius 2 is 1.72 bits per heavy atom. The lowest BCUT2D eigenvalue weighted by Gasteiger charge is -2.47. The molecule has 1 fully saturated rings. The molecule has 0 amide bonds. The van der Waals surface area contributed by atoms with Crippen molar-refractivity contribution >= 4 is 8.80 Å². The standard InChI is InChI=1S/C12H26O5Si/c1-6-9-18(13-4,14-5)15-10-12(8-3)16-11(7-2)17-12/h11H,6-10H2,1-5H3. The van der Waals surface area contributed by atoms with E-state index in [0.29, 0.717) is 6.61 Å². The molecule has 0 radical (unpaired) electrons. The molecule has 0 atom stereocenters. The van der Waals surface area contributed by atoms with Gasteiger partial charge in [-0.2, -0.15) is 0 Å². The minimum Gasteiger partial charge on any atom is -0.377 e. The van der Waals surface area contributed by atoms with Crippen LogP contribution in [0.1, 0.15) is 40.0 Å². The summed E-state index contributed by atoms with van der Waals surface area (Å²) in [5, 5.41) is 0. The molecule has 1 aliphatic heterocycles. The molecule has 0 aromatic carbocycles. The Kier molecular flexibility index (Phi) is 6.23. The minimum atomic E-state index is -2.54. The second kappa shape index (κ2) is 6.98. The molecular formula is C12H26O5Si. The van der Waals surface area contributed by atoms with Crippen molar-refractivity contribution in [1.29, 1.82) is 0 Å². The first-order chi connectivity index (χ1) is 8.59. The van der Waals surface area contributed by atoms with Crippen LogP contribution < -0.4 is 0 Å². The lowest BCUT2D eigenvalue weighted by Crippen LogP contribution is -2.58. The summed E-state index contributed by atoms with van der Waals surface area (Å²) in [6, 6.07) is 0.803. The van der Waals surface area contributed by atoms with Crippen molar-refractivity contribution in [3.05, 3.63) is 0 Å². The SMILES string of the molecule is CCC[Si](OC)(OC)OCC1(CC)OC(CC)O1. The molecule has 0 saturated carbocycles. The van der Waals surface area contributed by atoms with Crippen LogP contribution in [0.2, 0.25) is 6.04 Å². The third kappa shape index (κ3) is 3.52. The zero-order valence-electron chi connectivity index (χ0n) is 12.2. The topological polar surface area (TPSA) is 46.2 Å². The van der Waals surface area contributed by atoms with Crippen LogP contribution in [0.5, 0.6) is 0 Å². The molecule has 1 saturated heterocycles. The van der Waals surface area contributed by atoms with Gasteiger partial charge in [0.2, 0.25) is 0 Å². The number of ether oxygens (including phenoxy) is 2. The van der Waals surface area contributed by atoms with E-state index < -0.39 is 14.6 Å². The fraction of sp³-hybridized carbons (Fsp3) is 1.00. The van der Waals surface area contributed by atoms with Gasteiger partial charge in [0.05, 0.1) is 6.61 Å². The lowest BCUT2D eigenvalue weighted by molar-refractivity contribution is -0.458. The van der Waals surface area contributed by atoms with Crippen molar-refractivity contribution in [2.24, 2.45) is 0 Å². The normalized spacial score (nSPS) is 28.2. The van der Waals surface area contributed by atoms with E-state index in [2.05, 4.69) is 6.92 Å². The predicted octanol–water partition coefficient (Wildman–Crippen LogP) is 2.53. The van der Waals surface area contributed by atoms with Gasteiger partial charge in [-0.15, -0.1) is 0 Å². The molecule has 0 aromatic rings. The maximum Gasteiger partial charge on any atom is 0.500 e. The number of hydrogen-bond donors (Lipinski definition) is 0. The summed E-state index contributed by atoms with van der Waals surface area (Å²) in [5.74, 6) is -0.607. The van der Waals surface area contributed by atoms with E-state index in [1.165, 1.54) is 0 Å². The van der Waals surface area contributed by atoms with E-state index >= 15 is 0 Å². The van der Waals surface area contributed by atoms with Crippen molar-refractivity contribution in [2.45, 2.75) is 58.2 Å². The Morgan fingerprint density at radius 1 is 1.11 bits per heavy atom. The second-order valence-corrected chi connectivity index (χ2v) is 7.44. The highest BCUT2D eigenvalue weighted by Crippen LogP contribution is 2.35. The molecule has 6 heteroatoms. The molecular weight excluding hydrogens is 252 g/mol. The smallest absolute Gasteiger partial charge is 0.377 e. The average Bonchev–Trinajstić information content (AvgIpc) is 2.36. The van der Waals surface area contributed by atoms with Gasteiger partial charge < -0.3 is 22.8 Å². The Hall–Kier alpha value is 0.0169. The van der Waals surface area contributed by atoms with Crippen LogP contribution in [0.25, 0.3) is 0 Å². The van der Waals surface area contributed by atoms with Gasteiger partial charge in [-0.1, -0.05) is 27.2 Å². The monoisotopic (exact) mass is 278 g/mol. The van der Waals surface area contributed by atoms with Crippen LogP contribution in [-0.2, 0) is 22.8 Å². The fourth-order valence-electron chi connectivity index (χ4n) is 1.99. The Morgan fingerprint density at radius 3 is 2.11 bits per heavy atom. The predicted molar refractivity (Wildman–Crippen MR) is 70.1 cm³/mol. The highest BCUT2D eigenvalue weighted by atomic mass is 28.4. The molecule has 18 heavy (non-hydrogen) atoms. The Bertz CT molecular complexity index is 239. The highest BCUT2D eigenvalue weighted by molar-refractivity contribution is 6.60. The zero-order chi connectivity index (χ0) is 13.6. The highest BCUT2D eigenvalue weighted by Gasteiger charge is 2.48. The van der Waals surface area contributed by atoms with Gasteiger partial charge >= 0.3 is 8.80 Å². The first kappa shape index (κ1) is 16.1. The minimum absolute atomic E-state index is 0.0964. The van der Waals surface area contributed by atoms with Gasteiger partial charge in [0.25, 0.3) is 0 Å². The second-order valence-electron chi connectivity index (χ2n) is 4.47. The van der Waals surface area contributed by atoms with Gasteiger partial charge in [-0.3, -0.25) is 0 Å². The van der Waals surface area contributed by atoms with E-state index in [1.54, 1.807) is 14.2 Å². The maximum absolute atomic E-state index is 5.90. The van der Waals surface area contributed by atoms with Crippen molar-refractivity contribution in [1.82, 2.24) is 0 Å². The molecule has 0 spiro atoms. The molecule has 0 bridgehead atoms. The molecule has 1 rings (SSSR count). The van der Waals surface area contributed by atoms with E-state index in [-0.39, 0.29) is 6.29 Å². The molecule has 0 unspecified atom stereocenters. The molecule has 1 aliphatic rings. The summed E-state index contributed by atoms with van der Waals surface area (Å²) in [5.41, 5.74) is 0. The third-order valence-corrected chi connectivity index (χ3v) is 6.20. The zero-order valence-corrected chi connectivity index (χ0v) is 13.2. The van der Waals surface area contributed by atoms with Gasteiger partial charge in [0.15, 0.2) is 12.1 Å². The summed E-state index contributed by atoms with van der Waals surface area (Å²) in [4.78, 5) is 0. The maximum atomic E-state index is 5.90. The number of rotatable bonds is 9. The summed E-state index contributed by atoms with van der Waals surface area (Å²) < 4.78 is 28.4. The van der Waals surface area contributed by atoms with Gasteiger partial charge in [0, 0.05) is 26.7 Å². The van der Waals surface area contributed by atoms with Crippen LogP contribution >= 0.6 is 0 Å². The van der Waals surface area contributed by atoms with Crippen LogP contribution in [0.15, 0.2) is 0 Å². The lowest BCUT2D eigenvalue weighted by atomic mass is 10.2. The first-order valence-electron chi connectivity index (χ1n) is 6.69. The van der Waals surface area contributed by atoms with Crippen molar-refractivity contribution < 1.29 is 22.8 Å². The van der Waals surface area contributed by atoms with Crippen LogP contribution in [0.3, 0.4) is 0 Å². The largest absolute Gasteiger partial charge is 0.500 e. The van der Waals surface area contributed by atoms with Crippen molar-refractivity contribution in [2.75, 3.05) is 20.8 Å². The van der Waals surface area contributed by atoms with Crippen LogP contribution in [0.4, 0.5) is 0 Å². The summed E-state index contributed by atoms with van der Waals surface area (Å²) in [6.07, 6.45) is 2.48. The van der Waals surface area contributed by atoms with E-state index in [0.717, 1.165) is 25.3 Å². The molecule has 108 valence electrons. The summed E-state index contributed by atoms with van der Waals surface area (Å²) in [6.45, 7) is 6.51. The molecule has 5 nitrogen and oxygen atoms in total. The van der Waals surface area contributed by atoms with Crippen molar-refractivity contribution in [3.63, 3.8) is 0 Å². The molecule has 0 aromatic heterocycles. The third-order valence-electron chi connectivity index (χ3n) is 3.25. The van der Waals surface area contributed by atoms with Crippen molar-refractivity contribution in [3.8, 4) is 0 Å². The average molecular weight is 278 g/mol. The Labute approximate surface area is 111 Å². The van der Waals surface area contributed by atoms with E-state index in [1.807, 2.05) is 13.8 Å². The summed E-state index contributed by atoms with van der Waals surface area (Å²) in [7, 11) is 0.736. The summed E-state index contributed by atoms with van der Waals surface area (Å²) >= 11 is 0. The quantitative estimate of drug-likeness (QED) is 0.607. The molecule has 1 heterocycles. The van der Waals surface area contributed by atoms with Crippen LogP contribution in [-0.4, -0.2) is 41.7 Å². The van der Waals surface area contributed by atoms with E-state index in [4.69, 9.17) is 22.8 Å². The number of hydrogen-bond acceptors (Lipinski definition) is 5. The van der Waals surface area contributed by atoms with Gasteiger partial charge in [-0.05, 0) is 6.42 Å². The van der Waals surface area contributed by atoms with Gasteiger partial charge in [0.1, 0.15) is 0 Å². The molecule has 0 aliphatic carbocycles. The first-order valence-corrected chi connectivity index (χ1v) is 8.62.